The summed E-state index contributed by atoms with van der Waals surface area (Å²) in [6, 6.07) is 4.11. The Kier molecular flexibility index (Phi) is 5.52. The van der Waals surface area contributed by atoms with Gasteiger partial charge in [-0.25, -0.2) is 4.79 Å². The molecule has 0 aromatic heterocycles. The fourth-order valence-electron chi connectivity index (χ4n) is 1.50. The Morgan fingerprint density at radius 1 is 1.50 bits per heavy atom. The average Bonchev–Trinajstić information content (AvgIpc) is 2.42. The van der Waals surface area contributed by atoms with Crippen LogP contribution < -0.4 is 9.47 Å². The van der Waals surface area contributed by atoms with E-state index in [1.54, 1.807) is 6.92 Å². The van der Waals surface area contributed by atoms with Crippen LogP contribution in [0, 0.1) is 10.1 Å². The van der Waals surface area contributed by atoms with Crippen molar-refractivity contribution >= 4 is 11.7 Å². The van der Waals surface area contributed by atoms with Crippen molar-refractivity contribution in [1.82, 2.24) is 0 Å². The predicted octanol–water partition coefficient (Wildman–Crippen LogP) is 2.40. The summed E-state index contributed by atoms with van der Waals surface area (Å²) < 4.78 is 10.2. The largest absolute Gasteiger partial charge is 0.497 e. The molecule has 0 aliphatic heterocycles. The Labute approximate surface area is 115 Å². The lowest BCUT2D eigenvalue weighted by Crippen LogP contribution is -2.04. The Balaban J connectivity index is 2.90. The van der Waals surface area contributed by atoms with Gasteiger partial charge in [0.1, 0.15) is 12.4 Å². The summed E-state index contributed by atoms with van der Waals surface area (Å²) in [5.41, 5.74) is -0.0110. The molecule has 7 heteroatoms. The minimum absolute atomic E-state index is 0.0337. The monoisotopic (exact) mass is 281 g/mol. The van der Waals surface area contributed by atoms with Crippen LogP contribution >= 0.6 is 0 Å². The van der Waals surface area contributed by atoms with Crippen molar-refractivity contribution in [2.45, 2.75) is 13.3 Å². The minimum atomic E-state index is -1.03. The average molecular weight is 281 g/mol. The minimum Gasteiger partial charge on any atom is -0.497 e. The van der Waals surface area contributed by atoms with Crippen molar-refractivity contribution in [2.24, 2.45) is 0 Å². The van der Waals surface area contributed by atoms with Gasteiger partial charge in [-0.2, -0.15) is 0 Å². The van der Waals surface area contributed by atoms with Crippen LogP contribution in [0.1, 0.15) is 13.3 Å². The van der Waals surface area contributed by atoms with E-state index in [0.29, 0.717) is 12.2 Å². The summed E-state index contributed by atoms with van der Waals surface area (Å²) in [6.45, 7) is 1.64. The number of carbonyl (C=O) groups is 1. The molecule has 0 heterocycles. The first-order chi connectivity index (χ1) is 9.49. The van der Waals surface area contributed by atoms with Crippen LogP contribution in [0.5, 0.6) is 11.5 Å². The molecule has 0 bridgehead atoms. The first kappa shape index (κ1) is 15.5. The maximum atomic E-state index is 10.9. The van der Waals surface area contributed by atoms with Crippen molar-refractivity contribution < 1.29 is 24.3 Å². The van der Waals surface area contributed by atoms with Crippen molar-refractivity contribution in [2.75, 3.05) is 13.7 Å². The highest BCUT2D eigenvalue weighted by atomic mass is 16.6. The summed E-state index contributed by atoms with van der Waals surface area (Å²) in [5.74, 6) is -0.578. The number of hydrogen-bond donors (Lipinski definition) is 1. The molecule has 0 spiro atoms. The van der Waals surface area contributed by atoms with E-state index in [0.717, 1.165) is 0 Å². The summed E-state index contributed by atoms with van der Waals surface area (Å²) in [7, 11) is 1.43. The zero-order valence-electron chi connectivity index (χ0n) is 11.2. The summed E-state index contributed by atoms with van der Waals surface area (Å²) >= 11 is 0. The fourth-order valence-corrected chi connectivity index (χ4v) is 1.50. The maximum Gasteiger partial charge on any atom is 0.331 e. The number of hydrogen-bond acceptors (Lipinski definition) is 5. The third-order valence-electron chi connectivity index (χ3n) is 2.59. The maximum absolute atomic E-state index is 10.9. The third kappa shape index (κ3) is 3.98. The van der Waals surface area contributed by atoms with Crippen LogP contribution in [0.15, 0.2) is 29.8 Å². The van der Waals surface area contributed by atoms with Crippen LogP contribution in [0.3, 0.4) is 0 Å². The highest BCUT2D eigenvalue weighted by Gasteiger charge is 2.16. The first-order valence-electron chi connectivity index (χ1n) is 5.87. The van der Waals surface area contributed by atoms with E-state index < -0.39 is 10.9 Å². The fraction of sp³-hybridized carbons (Fsp3) is 0.308. The molecule has 0 atom stereocenters. The summed E-state index contributed by atoms with van der Waals surface area (Å²) in [5, 5.41) is 19.7. The van der Waals surface area contributed by atoms with E-state index >= 15 is 0 Å². The molecule has 0 unspecified atom stereocenters. The number of nitro benzene ring substituents is 1. The van der Waals surface area contributed by atoms with Crippen molar-refractivity contribution in [3.63, 3.8) is 0 Å². The molecule has 0 aliphatic rings. The number of ether oxygens (including phenoxy) is 2. The molecule has 1 N–H and O–H groups in total. The molecule has 20 heavy (non-hydrogen) atoms. The molecule has 0 radical (unpaired) electrons. The van der Waals surface area contributed by atoms with Gasteiger partial charge in [0, 0.05) is 17.7 Å². The Morgan fingerprint density at radius 2 is 2.20 bits per heavy atom. The van der Waals surface area contributed by atoms with Crippen molar-refractivity contribution in [1.29, 1.82) is 0 Å². The van der Waals surface area contributed by atoms with E-state index in [4.69, 9.17) is 14.6 Å². The molecule has 0 saturated heterocycles. The molecule has 1 aromatic carbocycles. The topological polar surface area (TPSA) is 98.9 Å². The molecular weight excluding hydrogens is 266 g/mol. The molecule has 108 valence electrons. The lowest BCUT2D eigenvalue weighted by Gasteiger charge is -2.07. The number of nitro groups is 1. The van der Waals surface area contributed by atoms with E-state index in [1.807, 2.05) is 0 Å². The van der Waals surface area contributed by atoms with Crippen LogP contribution in [0.4, 0.5) is 5.69 Å². The summed E-state index contributed by atoms with van der Waals surface area (Å²) in [6.07, 6.45) is 1.73. The van der Waals surface area contributed by atoms with Gasteiger partial charge in [0.25, 0.3) is 0 Å². The highest BCUT2D eigenvalue weighted by Crippen LogP contribution is 2.31. The molecule has 0 saturated carbocycles. The third-order valence-corrected chi connectivity index (χ3v) is 2.59. The van der Waals surface area contributed by atoms with Crippen LogP contribution in [0.25, 0.3) is 0 Å². The van der Waals surface area contributed by atoms with Crippen LogP contribution in [-0.2, 0) is 4.79 Å². The number of carboxylic acid groups (broad SMARTS) is 1. The Morgan fingerprint density at radius 3 is 2.70 bits per heavy atom. The number of carboxylic acids is 1. The number of aliphatic carboxylic acids is 1. The van der Waals surface area contributed by atoms with Gasteiger partial charge < -0.3 is 14.6 Å². The molecular formula is C13H15NO6. The van der Waals surface area contributed by atoms with Gasteiger partial charge in [0.2, 0.25) is 5.75 Å². The molecule has 0 aliphatic carbocycles. The van der Waals surface area contributed by atoms with E-state index in [-0.39, 0.29) is 23.6 Å². The second kappa shape index (κ2) is 7.13. The zero-order valence-corrected chi connectivity index (χ0v) is 11.2. The number of rotatable bonds is 7. The van der Waals surface area contributed by atoms with E-state index in [1.165, 1.54) is 31.4 Å². The Bertz CT molecular complexity index is 538. The lowest BCUT2D eigenvalue weighted by molar-refractivity contribution is -0.385. The van der Waals surface area contributed by atoms with E-state index in [9.17, 15) is 14.9 Å². The predicted molar refractivity (Wildman–Crippen MR) is 71.2 cm³/mol. The van der Waals surface area contributed by atoms with Gasteiger partial charge in [-0.05, 0) is 18.6 Å². The van der Waals surface area contributed by atoms with Crippen molar-refractivity contribution in [3.05, 3.63) is 40.0 Å². The molecule has 0 fully saturated rings. The second-order valence-corrected chi connectivity index (χ2v) is 3.79. The van der Waals surface area contributed by atoms with Crippen LogP contribution in [0.2, 0.25) is 0 Å². The standard InChI is InChI=1S/C13H15NO6/c1-3-9(13(15)16)6-7-20-12-8-10(19-2)4-5-11(12)14(17)18/h4-6,8H,3,7H2,1-2H3,(H,15,16)/b9-6-. The second-order valence-electron chi connectivity index (χ2n) is 3.79. The van der Waals surface area contributed by atoms with Gasteiger partial charge in [-0.1, -0.05) is 6.92 Å². The van der Waals surface area contributed by atoms with Crippen molar-refractivity contribution in [3.8, 4) is 11.5 Å². The van der Waals surface area contributed by atoms with Gasteiger partial charge in [-0.3, -0.25) is 10.1 Å². The van der Waals surface area contributed by atoms with Gasteiger partial charge >= 0.3 is 11.7 Å². The molecule has 1 rings (SSSR count). The first-order valence-corrected chi connectivity index (χ1v) is 5.87. The molecule has 0 amide bonds. The van der Waals surface area contributed by atoms with Gasteiger partial charge in [0.05, 0.1) is 12.0 Å². The van der Waals surface area contributed by atoms with Gasteiger partial charge in [-0.15, -0.1) is 0 Å². The van der Waals surface area contributed by atoms with Gasteiger partial charge in [0.15, 0.2) is 0 Å². The number of methoxy groups -OCH3 is 1. The molecule has 1 aromatic rings. The highest BCUT2D eigenvalue weighted by molar-refractivity contribution is 5.86. The normalized spacial score (nSPS) is 11.0. The zero-order chi connectivity index (χ0) is 15.1. The number of benzene rings is 1. The van der Waals surface area contributed by atoms with Crippen LogP contribution in [-0.4, -0.2) is 29.7 Å². The quantitative estimate of drug-likeness (QED) is 0.468. The Hall–Kier alpha value is -2.57. The SMILES string of the molecule is CC/C(=C/COc1cc(OC)ccc1[N+](=O)[O-])C(=O)O. The molecule has 7 nitrogen and oxygen atoms in total. The summed E-state index contributed by atoms with van der Waals surface area (Å²) in [4.78, 5) is 21.1. The lowest BCUT2D eigenvalue weighted by atomic mass is 10.2. The number of nitrogens with zero attached hydrogens (tertiary/aromatic N) is 1. The van der Waals surface area contributed by atoms with E-state index in [2.05, 4.69) is 0 Å². The smallest absolute Gasteiger partial charge is 0.331 e.